The van der Waals surface area contributed by atoms with Crippen LogP contribution in [0.5, 0.6) is 0 Å². The molecule has 2 unspecified atom stereocenters. The van der Waals surface area contributed by atoms with Crippen LogP contribution in [0.3, 0.4) is 0 Å². The van der Waals surface area contributed by atoms with Crippen molar-refractivity contribution >= 4 is 11.7 Å². The van der Waals surface area contributed by atoms with Crippen molar-refractivity contribution in [2.75, 3.05) is 18.1 Å². The van der Waals surface area contributed by atoms with E-state index in [-0.39, 0.29) is 11.9 Å². The standard InChI is InChI=1S/C27H34F3NO2/c1-5-33-26(32)25(14-18(2)3)22-15-21(20-9-11-23(12-10-20)27(28,29)30)16-24(17-22)31-13-7-6-8-19(31)4/h9-12,15-19,25H,5-8,13-14H2,1-4H3. The van der Waals surface area contributed by atoms with Gasteiger partial charge in [0.15, 0.2) is 0 Å². The number of halogens is 3. The second-order valence-electron chi connectivity index (χ2n) is 9.36. The van der Waals surface area contributed by atoms with Crippen LogP contribution in [0.15, 0.2) is 42.5 Å². The zero-order valence-electron chi connectivity index (χ0n) is 19.9. The molecule has 33 heavy (non-hydrogen) atoms. The fraction of sp³-hybridized carbons (Fsp3) is 0.519. The number of hydrogen-bond acceptors (Lipinski definition) is 3. The molecule has 0 spiro atoms. The summed E-state index contributed by atoms with van der Waals surface area (Å²) in [6, 6.07) is 11.6. The van der Waals surface area contributed by atoms with Crippen molar-refractivity contribution in [1.29, 1.82) is 0 Å². The van der Waals surface area contributed by atoms with E-state index in [9.17, 15) is 18.0 Å². The molecule has 0 N–H and O–H groups in total. The molecular weight excluding hydrogens is 427 g/mol. The van der Waals surface area contributed by atoms with Gasteiger partial charge in [-0.05, 0) is 86.4 Å². The number of alkyl halides is 3. The molecular formula is C27H34F3NO2. The monoisotopic (exact) mass is 461 g/mol. The Balaban J connectivity index is 2.10. The molecule has 2 aromatic rings. The second kappa shape index (κ2) is 10.6. The van der Waals surface area contributed by atoms with Gasteiger partial charge in [-0.15, -0.1) is 0 Å². The lowest BCUT2D eigenvalue weighted by Gasteiger charge is -2.36. The van der Waals surface area contributed by atoms with Crippen LogP contribution in [0.1, 0.15) is 70.4 Å². The first-order valence-corrected chi connectivity index (χ1v) is 11.9. The Labute approximate surface area is 194 Å². The van der Waals surface area contributed by atoms with Crippen LogP contribution in [-0.4, -0.2) is 25.2 Å². The first-order valence-electron chi connectivity index (χ1n) is 11.9. The predicted octanol–water partition coefficient (Wildman–Crippen LogP) is 7.44. The Morgan fingerprint density at radius 2 is 1.79 bits per heavy atom. The second-order valence-corrected chi connectivity index (χ2v) is 9.36. The largest absolute Gasteiger partial charge is 0.466 e. The summed E-state index contributed by atoms with van der Waals surface area (Å²) < 4.78 is 44.6. The molecule has 1 saturated heterocycles. The summed E-state index contributed by atoms with van der Waals surface area (Å²) in [5.74, 6) is -0.391. The third-order valence-electron chi connectivity index (χ3n) is 6.30. The van der Waals surface area contributed by atoms with Gasteiger partial charge in [-0.1, -0.05) is 32.0 Å². The van der Waals surface area contributed by atoms with Crippen molar-refractivity contribution in [2.24, 2.45) is 5.92 Å². The quantitative estimate of drug-likeness (QED) is 0.401. The molecule has 1 aliphatic heterocycles. The lowest BCUT2D eigenvalue weighted by molar-refractivity contribution is -0.145. The van der Waals surface area contributed by atoms with E-state index < -0.39 is 17.7 Å². The first kappa shape index (κ1) is 25.1. The van der Waals surface area contributed by atoms with E-state index in [1.165, 1.54) is 18.6 Å². The maximum absolute atomic E-state index is 13.1. The zero-order chi connectivity index (χ0) is 24.2. The molecule has 3 rings (SSSR count). The Hall–Kier alpha value is -2.50. The van der Waals surface area contributed by atoms with Crippen LogP contribution in [-0.2, 0) is 15.7 Å². The molecule has 1 aliphatic rings. The van der Waals surface area contributed by atoms with E-state index in [1.807, 2.05) is 12.1 Å². The van der Waals surface area contributed by atoms with Gasteiger partial charge >= 0.3 is 12.1 Å². The number of carbonyl (C=O) groups excluding carboxylic acids is 1. The van der Waals surface area contributed by atoms with E-state index >= 15 is 0 Å². The van der Waals surface area contributed by atoms with Crippen molar-refractivity contribution in [1.82, 2.24) is 0 Å². The van der Waals surface area contributed by atoms with Gasteiger partial charge in [0.05, 0.1) is 18.1 Å². The number of ether oxygens (including phenoxy) is 1. The molecule has 0 saturated carbocycles. The Bertz CT molecular complexity index is 937. The smallest absolute Gasteiger partial charge is 0.416 e. The number of hydrogen-bond donors (Lipinski definition) is 0. The molecule has 3 nitrogen and oxygen atoms in total. The third-order valence-corrected chi connectivity index (χ3v) is 6.30. The zero-order valence-corrected chi connectivity index (χ0v) is 19.9. The average Bonchev–Trinajstić information content (AvgIpc) is 2.77. The van der Waals surface area contributed by atoms with Crippen molar-refractivity contribution < 1.29 is 22.7 Å². The lowest BCUT2D eigenvalue weighted by Crippen LogP contribution is -2.37. The average molecular weight is 462 g/mol. The van der Waals surface area contributed by atoms with Gasteiger partial charge in [-0.2, -0.15) is 13.2 Å². The van der Waals surface area contributed by atoms with Crippen LogP contribution >= 0.6 is 0 Å². The summed E-state index contributed by atoms with van der Waals surface area (Å²) in [7, 11) is 0. The Morgan fingerprint density at radius 1 is 1.09 bits per heavy atom. The van der Waals surface area contributed by atoms with Crippen LogP contribution in [0.4, 0.5) is 18.9 Å². The topological polar surface area (TPSA) is 29.5 Å². The summed E-state index contributed by atoms with van der Waals surface area (Å²) >= 11 is 0. The molecule has 2 aromatic carbocycles. The fourth-order valence-electron chi connectivity index (χ4n) is 4.58. The van der Waals surface area contributed by atoms with Gasteiger partial charge in [0.25, 0.3) is 0 Å². The molecule has 0 bridgehead atoms. The van der Waals surface area contributed by atoms with Crippen molar-refractivity contribution in [3.05, 3.63) is 53.6 Å². The van der Waals surface area contributed by atoms with Gasteiger partial charge in [0.1, 0.15) is 0 Å². The molecule has 0 amide bonds. The number of piperidine rings is 1. The highest BCUT2D eigenvalue weighted by Gasteiger charge is 2.30. The lowest BCUT2D eigenvalue weighted by atomic mass is 9.87. The number of esters is 1. The fourth-order valence-corrected chi connectivity index (χ4v) is 4.58. The normalized spacial score (nSPS) is 17.8. The van der Waals surface area contributed by atoms with Gasteiger partial charge < -0.3 is 9.64 Å². The third kappa shape index (κ3) is 6.30. The molecule has 0 radical (unpaired) electrons. The number of rotatable bonds is 7. The molecule has 1 fully saturated rings. The predicted molar refractivity (Wildman–Crippen MR) is 126 cm³/mol. The molecule has 1 heterocycles. The highest BCUT2D eigenvalue weighted by molar-refractivity contribution is 5.80. The van der Waals surface area contributed by atoms with Gasteiger partial charge in [0.2, 0.25) is 0 Å². The number of nitrogens with zero attached hydrogens (tertiary/aromatic N) is 1. The molecule has 2 atom stereocenters. The number of anilines is 1. The van der Waals surface area contributed by atoms with E-state index in [2.05, 4.69) is 31.7 Å². The van der Waals surface area contributed by atoms with E-state index in [0.717, 1.165) is 48.3 Å². The van der Waals surface area contributed by atoms with Gasteiger partial charge in [-0.3, -0.25) is 4.79 Å². The van der Waals surface area contributed by atoms with E-state index in [0.29, 0.717) is 24.6 Å². The molecule has 6 heteroatoms. The molecule has 0 aromatic heterocycles. The van der Waals surface area contributed by atoms with Crippen LogP contribution < -0.4 is 4.90 Å². The van der Waals surface area contributed by atoms with Crippen molar-refractivity contribution in [3.8, 4) is 11.1 Å². The highest BCUT2D eigenvalue weighted by Crippen LogP contribution is 2.37. The number of carbonyl (C=O) groups is 1. The highest BCUT2D eigenvalue weighted by atomic mass is 19.4. The molecule has 0 aliphatic carbocycles. The number of benzene rings is 2. The van der Waals surface area contributed by atoms with Crippen molar-refractivity contribution in [2.45, 2.75) is 71.5 Å². The maximum atomic E-state index is 13.1. The van der Waals surface area contributed by atoms with E-state index in [4.69, 9.17) is 4.74 Å². The van der Waals surface area contributed by atoms with Crippen LogP contribution in [0.2, 0.25) is 0 Å². The van der Waals surface area contributed by atoms with Crippen LogP contribution in [0.25, 0.3) is 11.1 Å². The van der Waals surface area contributed by atoms with Gasteiger partial charge in [-0.25, -0.2) is 0 Å². The minimum absolute atomic E-state index is 0.256. The summed E-state index contributed by atoms with van der Waals surface area (Å²) in [6.45, 7) is 9.36. The summed E-state index contributed by atoms with van der Waals surface area (Å²) in [6.07, 6.45) is -0.363. The van der Waals surface area contributed by atoms with E-state index in [1.54, 1.807) is 6.92 Å². The van der Waals surface area contributed by atoms with Crippen molar-refractivity contribution in [3.63, 3.8) is 0 Å². The minimum atomic E-state index is -4.37. The summed E-state index contributed by atoms with van der Waals surface area (Å²) in [5, 5.41) is 0. The summed E-state index contributed by atoms with van der Waals surface area (Å²) in [4.78, 5) is 15.2. The minimum Gasteiger partial charge on any atom is -0.466 e. The SMILES string of the molecule is CCOC(=O)C(CC(C)C)c1cc(-c2ccc(C(F)(F)F)cc2)cc(N2CCCCC2C)c1. The Morgan fingerprint density at radius 3 is 2.36 bits per heavy atom. The maximum Gasteiger partial charge on any atom is 0.416 e. The van der Waals surface area contributed by atoms with Crippen LogP contribution in [0, 0.1) is 5.92 Å². The first-order chi connectivity index (χ1) is 15.6. The molecule has 180 valence electrons. The summed E-state index contributed by atoms with van der Waals surface area (Å²) in [5.41, 5.74) is 2.70. The van der Waals surface area contributed by atoms with Gasteiger partial charge in [0, 0.05) is 18.3 Å². The Kier molecular flexibility index (Phi) is 8.09.